The van der Waals surface area contributed by atoms with Crippen molar-refractivity contribution in [2.45, 2.75) is 0 Å². The van der Waals surface area contributed by atoms with Crippen molar-refractivity contribution in [3.63, 3.8) is 0 Å². The van der Waals surface area contributed by atoms with Gasteiger partial charge < -0.3 is 10.2 Å². The van der Waals surface area contributed by atoms with Gasteiger partial charge in [-0.15, -0.1) is 12.4 Å². The van der Waals surface area contributed by atoms with Crippen LogP contribution in [0, 0.1) is 5.41 Å². The number of nitrogen functional groups attached to an aromatic ring is 1. The first kappa shape index (κ1) is 11.5. The number of halogens is 1. The van der Waals surface area contributed by atoms with E-state index >= 15 is 0 Å². The Morgan fingerprint density at radius 2 is 1.71 bits per heavy atom. The minimum absolute atomic E-state index is 0. The molecule has 3 nitrogen and oxygen atoms in total. The van der Waals surface area contributed by atoms with E-state index in [1.54, 1.807) is 6.07 Å². The van der Waals surface area contributed by atoms with E-state index in [9.17, 15) is 0 Å². The molecule has 3 N–H and O–H groups in total. The number of furan rings is 1. The standard InChI is InChI=1S/C13H10N2O.ClH/c14-13(15)8-5-6-12-10(7-8)9-3-1-2-4-11(9)16-12;/h1-7H,(H3,14,15);1H. The largest absolute Gasteiger partial charge is 0.456 e. The second-order valence-corrected chi connectivity index (χ2v) is 3.72. The molecule has 0 amide bonds. The lowest BCUT2D eigenvalue weighted by Gasteiger charge is -1.96. The highest BCUT2D eigenvalue weighted by atomic mass is 35.5. The van der Waals surface area contributed by atoms with Gasteiger partial charge in [0.2, 0.25) is 0 Å². The van der Waals surface area contributed by atoms with Crippen LogP contribution in [0.2, 0.25) is 0 Å². The number of nitrogens with two attached hydrogens (primary N) is 1. The summed E-state index contributed by atoms with van der Waals surface area (Å²) in [5.74, 6) is 0.0761. The van der Waals surface area contributed by atoms with Gasteiger partial charge in [-0.1, -0.05) is 18.2 Å². The Labute approximate surface area is 104 Å². The Balaban J connectivity index is 0.00000108. The van der Waals surface area contributed by atoms with Crippen molar-refractivity contribution >= 4 is 40.2 Å². The predicted octanol–water partition coefficient (Wildman–Crippen LogP) is 3.29. The Bertz CT molecular complexity index is 703. The number of benzene rings is 2. The molecule has 86 valence electrons. The van der Waals surface area contributed by atoms with Gasteiger partial charge in [0.05, 0.1) is 0 Å². The number of rotatable bonds is 1. The normalized spacial score (nSPS) is 10.4. The Hall–Kier alpha value is -2.00. The topological polar surface area (TPSA) is 63.0 Å². The van der Waals surface area contributed by atoms with Crippen LogP contribution in [0.25, 0.3) is 21.9 Å². The molecule has 0 radical (unpaired) electrons. The number of fused-ring (bicyclic) bond motifs is 3. The van der Waals surface area contributed by atoms with Crippen molar-refractivity contribution in [1.29, 1.82) is 5.41 Å². The summed E-state index contributed by atoms with van der Waals surface area (Å²) in [5, 5.41) is 9.48. The van der Waals surface area contributed by atoms with Gasteiger partial charge in [-0.25, -0.2) is 0 Å². The fourth-order valence-corrected chi connectivity index (χ4v) is 1.89. The summed E-state index contributed by atoms with van der Waals surface area (Å²) in [7, 11) is 0. The van der Waals surface area contributed by atoms with E-state index in [-0.39, 0.29) is 18.2 Å². The highest BCUT2D eigenvalue weighted by molar-refractivity contribution is 6.08. The monoisotopic (exact) mass is 246 g/mol. The van der Waals surface area contributed by atoms with Crippen LogP contribution in [0.3, 0.4) is 0 Å². The van der Waals surface area contributed by atoms with Crippen LogP contribution in [0.5, 0.6) is 0 Å². The summed E-state index contributed by atoms with van der Waals surface area (Å²) in [5.41, 5.74) is 7.88. The van der Waals surface area contributed by atoms with Crippen molar-refractivity contribution in [2.75, 3.05) is 0 Å². The average Bonchev–Trinajstić information content (AvgIpc) is 2.66. The van der Waals surface area contributed by atoms with Gasteiger partial charge in [-0.05, 0) is 24.3 Å². The van der Waals surface area contributed by atoms with Crippen LogP contribution in [0.15, 0.2) is 46.9 Å². The molecule has 17 heavy (non-hydrogen) atoms. The Kier molecular flexibility index (Phi) is 2.77. The van der Waals surface area contributed by atoms with Gasteiger partial charge in [-0.3, -0.25) is 5.41 Å². The van der Waals surface area contributed by atoms with E-state index in [4.69, 9.17) is 15.6 Å². The molecule has 0 unspecified atom stereocenters. The number of amidine groups is 1. The van der Waals surface area contributed by atoms with Crippen LogP contribution in [-0.2, 0) is 0 Å². The molecular formula is C13H11ClN2O. The second kappa shape index (κ2) is 4.11. The van der Waals surface area contributed by atoms with Crippen LogP contribution in [0.1, 0.15) is 5.56 Å². The zero-order chi connectivity index (χ0) is 11.1. The lowest BCUT2D eigenvalue weighted by molar-refractivity contribution is 0.669. The molecule has 0 aliphatic rings. The van der Waals surface area contributed by atoms with Crippen molar-refractivity contribution in [3.8, 4) is 0 Å². The van der Waals surface area contributed by atoms with Gasteiger partial charge in [0.15, 0.2) is 0 Å². The number of hydrogen-bond acceptors (Lipinski definition) is 2. The molecule has 0 aliphatic heterocycles. The van der Waals surface area contributed by atoms with E-state index in [1.807, 2.05) is 36.4 Å². The highest BCUT2D eigenvalue weighted by Gasteiger charge is 2.07. The zero-order valence-electron chi connectivity index (χ0n) is 8.94. The molecule has 3 rings (SSSR count). The van der Waals surface area contributed by atoms with Crippen molar-refractivity contribution in [3.05, 3.63) is 48.0 Å². The molecule has 1 aromatic heterocycles. The molecule has 4 heteroatoms. The van der Waals surface area contributed by atoms with Gasteiger partial charge in [-0.2, -0.15) is 0 Å². The van der Waals surface area contributed by atoms with Gasteiger partial charge >= 0.3 is 0 Å². The minimum atomic E-state index is 0. The molecule has 0 saturated carbocycles. The first-order chi connectivity index (χ1) is 7.75. The lowest BCUT2D eigenvalue weighted by atomic mass is 10.1. The third-order valence-electron chi connectivity index (χ3n) is 2.69. The number of nitrogens with one attached hydrogen (secondary N) is 1. The number of hydrogen-bond donors (Lipinski definition) is 2. The van der Waals surface area contributed by atoms with E-state index in [1.165, 1.54) is 0 Å². The molecule has 0 saturated heterocycles. The minimum Gasteiger partial charge on any atom is -0.456 e. The van der Waals surface area contributed by atoms with Crippen molar-refractivity contribution in [1.82, 2.24) is 0 Å². The summed E-state index contributed by atoms with van der Waals surface area (Å²) in [6, 6.07) is 13.4. The predicted molar refractivity (Wildman–Crippen MR) is 72.0 cm³/mol. The Morgan fingerprint density at radius 3 is 2.47 bits per heavy atom. The van der Waals surface area contributed by atoms with Crippen molar-refractivity contribution in [2.24, 2.45) is 5.73 Å². The summed E-state index contributed by atoms with van der Waals surface area (Å²) in [6.07, 6.45) is 0. The van der Waals surface area contributed by atoms with Gasteiger partial charge in [0.1, 0.15) is 17.0 Å². The second-order valence-electron chi connectivity index (χ2n) is 3.72. The van der Waals surface area contributed by atoms with E-state index in [2.05, 4.69) is 0 Å². The SMILES string of the molecule is Cl.N=C(N)c1ccc2oc3ccccc3c2c1. The molecular weight excluding hydrogens is 236 g/mol. The molecule has 3 aromatic rings. The van der Waals surface area contributed by atoms with Gasteiger partial charge in [0, 0.05) is 16.3 Å². The lowest BCUT2D eigenvalue weighted by Crippen LogP contribution is -2.10. The molecule has 0 spiro atoms. The first-order valence-corrected chi connectivity index (χ1v) is 5.01. The maximum absolute atomic E-state index is 7.42. The smallest absolute Gasteiger partial charge is 0.135 e. The first-order valence-electron chi connectivity index (χ1n) is 5.01. The van der Waals surface area contributed by atoms with E-state index < -0.39 is 0 Å². The maximum Gasteiger partial charge on any atom is 0.135 e. The average molecular weight is 247 g/mol. The number of para-hydroxylation sites is 1. The summed E-state index contributed by atoms with van der Waals surface area (Å²) in [4.78, 5) is 0. The van der Waals surface area contributed by atoms with Crippen LogP contribution in [-0.4, -0.2) is 5.84 Å². The fraction of sp³-hybridized carbons (Fsp3) is 0. The van der Waals surface area contributed by atoms with Gasteiger partial charge in [0.25, 0.3) is 0 Å². The zero-order valence-corrected chi connectivity index (χ0v) is 9.75. The van der Waals surface area contributed by atoms with Crippen LogP contribution in [0.4, 0.5) is 0 Å². The third kappa shape index (κ3) is 1.74. The molecule has 0 atom stereocenters. The third-order valence-corrected chi connectivity index (χ3v) is 2.69. The van der Waals surface area contributed by atoms with Crippen molar-refractivity contribution < 1.29 is 4.42 Å². The maximum atomic E-state index is 7.42. The molecule has 2 aromatic carbocycles. The molecule has 0 aliphatic carbocycles. The highest BCUT2D eigenvalue weighted by Crippen LogP contribution is 2.28. The van der Waals surface area contributed by atoms with E-state index in [0.29, 0.717) is 0 Å². The van der Waals surface area contributed by atoms with Crippen LogP contribution >= 0.6 is 12.4 Å². The molecule has 1 heterocycles. The summed E-state index contributed by atoms with van der Waals surface area (Å²) >= 11 is 0. The molecule has 0 bridgehead atoms. The molecule has 0 fully saturated rings. The summed E-state index contributed by atoms with van der Waals surface area (Å²) in [6.45, 7) is 0. The quantitative estimate of drug-likeness (QED) is 0.511. The summed E-state index contributed by atoms with van der Waals surface area (Å²) < 4.78 is 5.68. The Morgan fingerprint density at radius 1 is 1.00 bits per heavy atom. The van der Waals surface area contributed by atoms with Crippen LogP contribution < -0.4 is 5.73 Å². The fourth-order valence-electron chi connectivity index (χ4n) is 1.89. The van der Waals surface area contributed by atoms with E-state index in [0.717, 1.165) is 27.5 Å².